The number of carbonyl (C=O) groups excluding carboxylic acids is 8. The van der Waals surface area contributed by atoms with E-state index in [0.717, 1.165) is 0 Å². The molecule has 452 valence electrons. The Labute approximate surface area is 473 Å². The molecule has 0 aliphatic carbocycles. The number of aliphatic imine (C=N–C) groups is 1. The first-order chi connectivity index (χ1) is 38.1. The van der Waals surface area contributed by atoms with Crippen LogP contribution in [0.15, 0.2) is 53.5 Å². The van der Waals surface area contributed by atoms with Crippen LogP contribution < -0.4 is 65.5 Å². The van der Waals surface area contributed by atoms with Crippen molar-refractivity contribution in [2.24, 2.45) is 51.6 Å². The monoisotopic (exact) mass is 1140 g/mol. The van der Waals surface area contributed by atoms with Gasteiger partial charge in [-0.05, 0) is 111 Å². The van der Waals surface area contributed by atoms with Crippen LogP contribution in [0.4, 0.5) is 0 Å². The highest BCUT2D eigenvalue weighted by Gasteiger charge is 2.37. The molecule has 0 radical (unpaired) electrons. The SMILES string of the molecule is CC(C)C[C@H](NC(=O)[C@@H](N)CC(C)C)C(=O)N[C@@H](CO)C(=O)N[C@H](C(=O)N[C@@H](CCCN=C(N)N)C(=O)N[C@H](C(=O)N[C@@H](Cc1ccc(O)cc1)C(=O)N[C@@H](Cc1ccc(O)cc1)C(=O)N[C@@H](CCCCN)C(=O)O)C(C)C)C(C)C. The van der Waals surface area contributed by atoms with E-state index in [9.17, 15) is 63.6 Å². The minimum Gasteiger partial charge on any atom is -0.508 e. The molecule has 0 aliphatic rings. The summed E-state index contributed by atoms with van der Waals surface area (Å²) in [6, 6.07) is -0.534. The molecule has 81 heavy (non-hydrogen) atoms. The Morgan fingerprint density at radius 1 is 0.481 bits per heavy atom. The number of rotatable bonds is 36. The minimum absolute atomic E-state index is 0.0191. The van der Waals surface area contributed by atoms with Crippen LogP contribution in [0.3, 0.4) is 0 Å². The number of aliphatic hydroxyl groups excluding tert-OH is 1. The number of nitrogens with one attached hydrogen (secondary N) is 8. The van der Waals surface area contributed by atoms with Gasteiger partial charge in [0.15, 0.2) is 5.96 Å². The van der Waals surface area contributed by atoms with Crippen molar-refractivity contribution in [3.8, 4) is 11.5 Å². The predicted octanol–water partition coefficient (Wildman–Crippen LogP) is -1.25. The van der Waals surface area contributed by atoms with Crippen molar-refractivity contribution in [1.82, 2.24) is 42.5 Å². The largest absolute Gasteiger partial charge is 0.508 e. The second kappa shape index (κ2) is 35.2. The molecular weight excluding hydrogens is 1050 g/mol. The summed E-state index contributed by atoms with van der Waals surface area (Å²) < 4.78 is 0. The lowest BCUT2D eigenvalue weighted by Gasteiger charge is -2.30. The molecule has 0 aromatic heterocycles. The molecule has 26 heteroatoms. The Morgan fingerprint density at radius 3 is 1.28 bits per heavy atom. The third-order valence-corrected chi connectivity index (χ3v) is 12.9. The van der Waals surface area contributed by atoms with E-state index in [4.69, 9.17) is 22.9 Å². The Kier molecular flexibility index (Phi) is 30.2. The van der Waals surface area contributed by atoms with Crippen molar-refractivity contribution < 1.29 is 63.6 Å². The molecule has 2 aromatic carbocycles. The summed E-state index contributed by atoms with van der Waals surface area (Å²) in [6.07, 6.45) is 1.06. The number of hydrogen-bond donors (Lipinski definition) is 16. The molecule has 0 aliphatic heterocycles. The van der Waals surface area contributed by atoms with Crippen molar-refractivity contribution >= 4 is 59.2 Å². The van der Waals surface area contributed by atoms with Gasteiger partial charge in [0.1, 0.15) is 59.8 Å². The van der Waals surface area contributed by atoms with Crippen LogP contribution in [0.1, 0.15) is 111 Å². The summed E-state index contributed by atoms with van der Waals surface area (Å²) in [6.45, 7) is 13.3. The molecule has 9 atom stereocenters. The van der Waals surface area contributed by atoms with Gasteiger partial charge >= 0.3 is 5.97 Å². The molecule has 0 fully saturated rings. The first kappa shape index (κ1) is 69.5. The molecule has 0 saturated carbocycles. The third kappa shape index (κ3) is 25.6. The molecule has 0 bridgehead atoms. The quantitative estimate of drug-likeness (QED) is 0.0215. The molecule has 0 unspecified atom stereocenters. The van der Waals surface area contributed by atoms with E-state index in [2.05, 4.69) is 47.5 Å². The number of aliphatic carboxylic acids is 1. The van der Waals surface area contributed by atoms with Crippen molar-refractivity contribution in [2.75, 3.05) is 19.7 Å². The molecule has 2 rings (SSSR count). The van der Waals surface area contributed by atoms with Crippen LogP contribution in [0.5, 0.6) is 11.5 Å². The maximum atomic E-state index is 14.5. The van der Waals surface area contributed by atoms with E-state index in [1.54, 1.807) is 27.7 Å². The third-order valence-electron chi connectivity index (χ3n) is 12.9. The van der Waals surface area contributed by atoms with Gasteiger partial charge in [0.2, 0.25) is 47.3 Å². The van der Waals surface area contributed by atoms with E-state index in [-0.39, 0.29) is 74.4 Å². The lowest BCUT2D eigenvalue weighted by molar-refractivity contribution is -0.142. The standard InChI is InChI=1S/C55H89N13O13/c1-29(2)24-37(57)46(72)63-40(25-30(3)4)48(74)66-43(28-69)51(77)68-44(31(5)6)52(78)61-38(13-11-23-60-55(58)59)47(73)67-45(32(7)8)53(79)65-42(27-34-16-20-36(71)21-17-34)50(76)64-41(26-33-14-18-35(70)19-15-33)49(75)62-39(54(80)81)12-9-10-22-56/h14-21,29-32,37-45,69-71H,9-13,22-28,56-57H2,1-8H3,(H,61,78)(H,62,75)(H,63,72)(H,64,76)(H,65,79)(H,66,74)(H,67,73)(H,68,77)(H,80,81)(H4,58,59,60)/t37-,38-,39-,40-,41-,42-,43-,44-,45-/m0/s1. The lowest BCUT2D eigenvalue weighted by atomic mass is 9.98. The second-order valence-corrected chi connectivity index (χ2v) is 21.7. The average molecular weight is 1140 g/mol. The van der Waals surface area contributed by atoms with Crippen LogP contribution in [-0.4, -0.2) is 154 Å². The smallest absolute Gasteiger partial charge is 0.326 e. The van der Waals surface area contributed by atoms with Crippen molar-refractivity contribution in [1.29, 1.82) is 0 Å². The predicted molar refractivity (Wildman–Crippen MR) is 303 cm³/mol. The molecule has 0 spiro atoms. The molecule has 0 saturated heterocycles. The van der Waals surface area contributed by atoms with Crippen LogP contribution >= 0.6 is 0 Å². The lowest BCUT2D eigenvalue weighted by Crippen LogP contribution is -2.62. The molecule has 0 heterocycles. The van der Waals surface area contributed by atoms with Gasteiger partial charge in [0.05, 0.1) is 12.6 Å². The van der Waals surface area contributed by atoms with Gasteiger partial charge in [-0.15, -0.1) is 0 Å². The normalized spacial score (nSPS) is 14.7. The fourth-order valence-electron chi connectivity index (χ4n) is 8.38. The molecular formula is C55H89N13O13. The molecule has 20 N–H and O–H groups in total. The van der Waals surface area contributed by atoms with Crippen molar-refractivity contribution in [2.45, 2.75) is 168 Å². The number of carboxylic acid groups (broad SMARTS) is 1. The summed E-state index contributed by atoms with van der Waals surface area (Å²) in [4.78, 5) is 128. The van der Waals surface area contributed by atoms with Gasteiger partial charge in [-0.1, -0.05) is 79.7 Å². The van der Waals surface area contributed by atoms with Gasteiger partial charge in [0, 0.05) is 19.4 Å². The van der Waals surface area contributed by atoms with Crippen LogP contribution in [0, 0.1) is 23.7 Å². The van der Waals surface area contributed by atoms with E-state index in [0.29, 0.717) is 36.9 Å². The maximum Gasteiger partial charge on any atom is 0.326 e. The van der Waals surface area contributed by atoms with Gasteiger partial charge in [-0.25, -0.2) is 4.79 Å². The van der Waals surface area contributed by atoms with Crippen LogP contribution in [0.25, 0.3) is 0 Å². The zero-order valence-electron chi connectivity index (χ0n) is 47.8. The second-order valence-electron chi connectivity index (χ2n) is 21.7. The van der Waals surface area contributed by atoms with Crippen molar-refractivity contribution in [3.63, 3.8) is 0 Å². The highest BCUT2D eigenvalue weighted by Crippen LogP contribution is 2.16. The number of phenols is 2. The highest BCUT2D eigenvalue weighted by atomic mass is 16.4. The van der Waals surface area contributed by atoms with Gasteiger partial charge in [-0.2, -0.15) is 0 Å². The fourth-order valence-corrected chi connectivity index (χ4v) is 8.38. The molecule has 8 amide bonds. The number of aromatic hydroxyl groups is 2. The van der Waals surface area contributed by atoms with Crippen LogP contribution in [0.2, 0.25) is 0 Å². The number of hydrogen-bond acceptors (Lipinski definition) is 15. The van der Waals surface area contributed by atoms with E-state index in [1.807, 2.05) is 27.7 Å². The number of guanidine groups is 1. The number of carbonyl (C=O) groups is 9. The maximum absolute atomic E-state index is 14.5. The number of benzene rings is 2. The Bertz CT molecular complexity index is 2400. The first-order valence-electron chi connectivity index (χ1n) is 27.4. The van der Waals surface area contributed by atoms with E-state index >= 15 is 0 Å². The number of aliphatic hydroxyl groups is 1. The van der Waals surface area contributed by atoms with Crippen LogP contribution in [-0.2, 0) is 56.0 Å². The Morgan fingerprint density at radius 2 is 0.864 bits per heavy atom. The number of unbranched alkanes of at least 4 members (excludes halogenated alkanes) is 1. The summed E-state index contributed by atoms with van der Waals surface area (Å²) in [5.74, 6) is -9.69. The summed E-state index contributed by atoms with van der Waals surface area (Å²) in [7, 11) is 0. The topological polar surface area (TPSA) is 447 Å². The summed E-state index contributed by atoms with van der Waals surface area (Å²) >= 11 is 0. The molecule has 26 nitrogen and oxygen atoms in total. The van der Waals surface area contributed by atoms with Crippen molar-refractivity contribution in [3.05, 3.63) is 59.7 Å². The van der Waals surface area contributed by atoms with E-state index in [1.165, 1.54) is 48.5 Å². The summed E-state index contributed by atoms with van der Waals surface area (Å²) in [5.41, 5.74) is 23.7. The zero-order valence-corrected chi connectivity index (χ0v) is 47.8. The Hall–Kier alpha value is -7.58. The minimum atomic E-state index is -1.59. The zero-order chi connectivity index (χ0) is 61.1. The number of nitrogens with zero attached hydrogens (tertiary/aromatic N) is 1. The number of nitrogens with two attached hydrogens (primary N) is 4. The Balaban J connectivity index is 2.49. The molecule has 2 aromatic rings. The summed E-state index contributed by atoms with van der Waals surface area (Å²) in [5, 5.41) is 61.0. The van der Waals surface area contributed by atoms with Gasteiger partial charge < -0.3 is 85.9 Å². The van der Waals surface area contributed by atoms with Gasteiger partial charge in [0.25, 0.3) is 0 Å². The number of carboxylic acids is 1. The number of amides is 8. The number of phenolic OH excluding ortho intramolecular Hbond substituents is 2. The average Bonchev–Trinajstić information content (AvgIpc) is 3.38. The van der Waals surface area contributed by atoms with E-state index < -0.39 is 126 Å². The highest BCUT2D eigenvalue weighted by molar-refractivity contribution is 5.98. The first-order valence-corrected chi connectivity index (χ1v) is 27.4. The fraction of sp³-hybridized carbons (Fsp3) is 0.600. The van der Waals surface area contributed by atoms with Gasteiger partial charge in [-0.3, -0.25) is 43.3 Å².